The number of nitrogens with zero attached hydrogens (tertiary/aromatic N) is 1. The third kappa shape index (κ3) is 2.57. The number of para-hydroxylation sites is 1. The van der Waals surface area contributed by atoms with Gasteiger partial charge in [0.05, 0.1) is 11.2 Å². The smallest absolute Gasteiger partial charge is 0.0726 e. The van der Waals surface area contributed by atoms with Gasteiger partial charge < -0.3 is 5.32 Å². The molecule has 0 radical (unpaired) electrons. The van der Waals surface area contributed by atoms with Gasteiger partial charge in [-0.25, -0.2) is 0 Å². The fraction of sp³-hybridized carbons (Fsp3) is 0.211. The molecule has 4 rings (SSSR count). The second kappa shape index (κ2) is 6.01. The largest absolute Gasteiger partial charge is 0.384 e. The maximum Gasteiger partial charge on any atom is 0.0726 e. The first-order chi connectivity index (χ1) is 10.9. The number of rotatable bonds is 4. The van der Waals surface area contributed by atoms with Crippen molar-refractivity contribution in [2.75, 3.05) is 11.9 Å². The van der Waals surface area contributed by atoms with Crippen molar-refractivity contribution in [2.45, 2.75) is 17.9 Å². The van der Waals surface area contributed by atoms with Crippen molar-refractivity contribution in [1.29, 1.82) is 0 Å². The zero-order chi connectivity index (χ0) is 14.8. The van der Waals surface area contributed by atoms with Crippen LogP contribution in [0.1, 0.15) is 16.8 Å². The van der Waals surface area contributed by atoms with Gasteiger partial charge in [-0.1, -0.05) is 48.5 Å². The van der Waals surface area contributed by atoms with Gasteiger partial charge >= 0.3 is 0 Å². The van der Waals surface area contributed by atoms with E-state index < -0.39 is 0 Å². The Hall–Kier alpha value is -2.00. The molecule has 0 unspecified atom stereocenters. The van der Waals surface area contributed by atoms with Gasteiger partial charge in [0.2, 0.25) is 0 Å². The molecule has 0 bridgehead atoms. The van der Waals surface area contributed by atoms with Crippen LogP contribution in [0.5, 0.6) is 0 Å². The Balaban J connectivity index is 1.63. The average Bonchev–Trinajstić information content (AvgIpc) is 3.03. The Morgan fingerprint density at radius 3 is 2.68 bits per heavy atom. The van der Waals surface area contributed by atoms with Gasteiger partial charge in [0.25, 0.3) is 0 Å². The van der Waals surface area contributed by atoms with Crippen LogP contribution < -0.4 is 5.32 Å². The van der Waals surface area contributed by atoms with E-state index in [1.54, 1.807) is 0 Å². The lowest BCUT2D eigenvalue weighted by molar-refractivity contribution is 1.02. The summed E-state index contributed by atoms with van der Waals surface area (Å²) in [5.41, 5.74) is 6.43. The van der Waals surface area contributed by atoms with Crippen LogP contribution in [0.3, 0.4) is 0 Å². The van der Waals surface area contributed by atoms with E-state index in [1.807, 2.05) is 11.8 Å². The Morgan fingerprint density at radius 2 is 1.77 bits per heavy atom. The van der Waals surface area contributed by atoms with E-state index in [0.29, 0.717) is 0 Å². The lowest BCUT2D eigenvalue weighted by Gasteiger charge is -2.14. The summed E-state index contributed by atoms with van der Waals surface area (Å²) in [5, 5.41) is 4.93. The van der Waals surface area contributed by atoms with Gasteiger partial charge in [-0.2, -0.15) is 11.8 Å². The number of benzene rings is 2. The molecule has 0 spiro atoms. The lowest BCUT2D eigenvalue weighted by atomic mass is 10.1. The molecule has 2 heterocycles. The molecular formula is C19H18N2S. The summed E-state index contributed by atoms with van der Waals surface area (Å²) in [5.74, 6) is 2.11. The molecule has 0 saturated carbocycles. The van der Waals surface area contributed by atoms with Crippen molar-refractivity contribution >= 4 is 28.4 Å². The molecule has 2 aromatic carbocycles. The van der Waals surface area contributed by atoms with E-state index in [-0.39, 0.29) is 0 Å². The maximum absolute atomic E-state index is 4.82. The second-order valence-corrected chi connectivity index (χ2v) is 6.57. The standard InChI is InChI=1S/C19H18N2S/c1-2-6-14(7-3-1)10-11-20-19-15-8-4-5-9-17(15)21-18-13-22-12-16(18)19/h1-9H,10-13H2,(H,20,21). The Morgan fingerprint density at radius 1 is 0.955 bits per heavy atom. The van der Waals surface area contributed by atoms with E-state index in [2.05, 4.69) is 59.9 Å². The third-order valence-corrected chi connectivity index (χ3v) is 5.09. The number of nitrogens with one attached hydrogen (secondary N) is 1. The molecule has 1 aliphatic heterocycles. The van der Waals surface area contributed by atoms with Gasteiger partial charge in [-0.05, 0) is 18.1 Å². The highest BCUT2D eigenvalue weighted by molar-refractivity contribution is 7.98. The number of hydrogen-bond donors (Lipinski definition) is 1. The van der Waals surface area contributed by atoms with Crippen LogP contribution in [0.15, 0.2) is 54.6 Å². The normalized spacial score (nSPS) is 13.3. The minimum absolute atomic E-state index is 0.953. The summed E-state index contributed by atoms with van der Waals surface area (Å²) < 4.78 is 0. The average molecular weight is 306 g/mol. The van der Waals surface area contributed by atoms with Gasteiger partial charge in [-0.15, -0.1) is 0 Å². The molecule has 0 aliphatic carbocycles. The zero-order valence-electron chi connectivity index (χ0n) is 12.4. The first-order valence-corrected chi connectivity index (χ1v) is 8.83. The summed E-state index contributed by atoms with van der Waals surface area (Å²) in [6.45, 7) is 0.953. The molecule has 3 aromatic rings. The van der Waals surface area contributed by atoms with E-state index in [1.165, 1.54) is 27.9 Å². The highest BCUT2D eigenvalue weighted by Crippen LogP contribution is 2.37. The fourth-order valence-electron chi connectivity index (χ4n) is 3.01. The van der Waals surface area contributed by atoms with Crippen molar-refractivity contribution in [3.8, 4) is 0 Å². The molecule has 0 amide bonds. The van der Waals surface area contributed by atoms with Crippen LogP contribution in [0.25, 0.3) is 10.9 Å². The summed E-state index contributed by atoms with van der Waals surface area (Å²) >= 11 is 1.95. The van der Waals surface area contributed by atoms with Crippen molar-refractivity contribution in [2.24, 2.45) is 0 Å². The van der Waals surface area contributed by atoms with Gasteiger partial charge in [-0.3, -0.25) is 4.98 Å². The molecule has 3 heteroatoms. The van der Waals surface area contributed by atoms with Crippen molar-refractivity contribution in [3.63, 3.8) is 0 Å². The van der Waals surface area contributed by atoms with E-state index in [4.69, 9.17) is 4.98 Å². The Labute approximate surface area is 135 Å². The van der Waals surface area contributed by atoms with Crippen LogP contribution >= 0.6 is 11.8 Å². The molecule has 2 nitrogen and oxygen atoms in total. The lowest BCUT2D eigenvalue weighted by Crippen LogP contribution is -2.08. The molecule has 1 N–H and O–H groups in total. The first-order valence-electron chi connectivity index (χ1n) is 7.68. The van der Waals surface area contributed by atoms with Crippen LogP contribution in [-0.2, 0) is 17.9 Å². The van der Waals surface area contributed by atoms with E-state index in [9.17, 15) is 0 Å². The van der Waals surface area contributed by atoms with E-state index in [0.717, 1.165) is 30.0 Å². The first kappa shape index (κ1) is 13.6. The van der Waals surface area contributed by atoms with Crippen LogP contribution in [-0.4, -0.2) is 11.5 Å². The van der Waals surface area contributed by atoms with Crippen molar-refractivity contribution in [3.05, 3.63) is 71.4 Å². The molecular weight excluding hydrogens is 288 g/mol. The van der Waals surface area contributed by atoms with Crippen molar-refractivity contribution in [1.82, 2.24) is 4.98 Å². The highest BCUT2D eigenvalue weighted by atomic mass is 32.2. The monoisotopic (exact) mass is 306 g/mol. The Kier molecular flexibility index (Phi) is 3.73. The number of fused-ring (bicyclic) bond motifs is 2. The van der Waals surface area contributed by atoms with Gasteiger partial charge in [0, 0.05) is 34.7 Å². The molecule has 110 valence electrons. The summed E-state index contributed by atoms with van der Waals surface area (Å²) in [4.78, 5) is 4.82. The van der Waals surface area contributed by atoms with Crippen molar-refractivity contribution < 1.29 is 0 Å². The number of aromatic nitrogens is 1. The SMILES string of the molecule is c1ccc(CCNc2c3c(nc4ccccc24)CSC3)cc1. The van der Waals surface area contributed by atoms with Crippen LogP contribution in [0.4, 0.5) is 5.69 Å². The van der Waals surface area contributed by atoms with E-state index >= 15 is 0 Å². The number of pyridine rings is 1. The molecule has 0 atom stereocenters. The fourth-order valence-corrected chi connectivity index (χ4v) is 4.05. The molecule has 0 fully saturated rings. The van der Waals surface area contributed by atoms with Gasteiger partial charge in [0.15, 0.2) is 0 Å². The third-order valence-electron chi connectivity index (χ3n) is 4.12. The van der Waals surface area contributed by atoms with Gasteiger partial charge in [0.1, 0.15) is 0 Å². The molecule has 1 aromatic heterocycles. The molecule has 1 aliphatic rings. The number of hydrogen-bond acceptors (Lipinski definition) is 3. The number of thioether (sulfide) groups is 1. The second-order valence-electron chi connectivity index (χ2n) is 5.58. The van der Waals surface area contributed by atoms with Crippen LogP contribution in [0.2, 0.25) is 0 Å². The molecule has 22 heavy (non-hydrogen) atoms. The number of anilines is 1. The maximum atomic E-state index is 4.82. The zero-order valence-corrected chi connectivity index (χ0v) is 13.2. The minimum atomic E-state index is 0.953. The van der Waals surface area contributed by atoms with Crippen LogP contribution in [0, 0.1) is 0 Å². The summed E-state index contributed by atoms with van der Waals surface area (Å²) in [7, 11) is 0. The Bertz CT molecular complexity index is 799. The highest BCUT2D eigenvalue weighted by Gasteiger charge is 2.19. The minimum Gasteiger partial charge on any atom is -0.384 e. The summed E-state index contributed by atoms with van der Waals surface area (Å²) in [6.07, 6.45) is 1.04. The topological polar surface area (TPSA) is 24.9 Å². The summed E-state index contributed by atoms with van der Waals surface area (Å²) in [6, 6.07) is 19.1. The quantitative estimate of drug-likeness (QED) is 0.760. The molecule has 0 saturated heterocycles. The predicted molar refractivity (Wildman–Crippen MR) is 95.4 cm³/mol. The predicted octanol–water partition coefficient (Wildman–Crippen LogP) is 4.64.